The van der Waals surface area contributed by atoms with Gasteiger partial charge in [-0.1, -0.05) is 40.7 Å². The molecule has 4 aliphatic rings. The topological polar surface area (TPSA) is 82.8 Å². The second-order valence-corrected chi connectivity index (χ2v) is 11.9. The molecule has 6 nitrogen and oxygen atoms in total. The quantitative estimate of drug-likeness (QED) is 0.547. The van der Waals surface area contributed by atoms with Crippen molar-refractivity contribution >= 4 is 17.7 Å². The summed E-state index contributed by atoms with van der Waals surface area (Å²) in [4.78, 5) is 38.1. The van der Waals surface area contributed by atoms with Crippen molar-refractivity contribution in [1.29, 1.82) is 0 Å². The summed E-state index contributed by atoms with van der Waals surface area (Å²) >= 11 is 0. The number of ketones is 1. The highest BCUT2D eigenvalue weighted by molar-refractivity contribution is 5.96. The van der Waals surface area contributed by atoms with Crippen LogP contribution in [0, 0.1) is 33.5 Å². The summed E-state index contributed by atoms with van der Waals surface area (Å²) in [6.07, 6.45) is 10.0. The summed E-state index contributed by atoms with van der Waals surface area (Å²) in [7, 11) is 0. The standard InChI is InChI=1S/C28H34O6/c1-16(29)33-22-13-19-25(2,3)21(30)8-11-26(19,4)18-7-10-27(5)20(28(18,22)6)14-23(31)34-24(27)17-9-12-32-15-17/h8-9,11-12,14-15,18-19,22,24H,7,10,13H2,1-6H3/t18-,19+,22-,24-,26+,27-,28-/m1/s1. The van der Waals surface area contributed by atoms with Crippen LogP contribution in [0.4, 0.5) is 0 Å². The Bertz CT molecular complexity index is 1110. The Hall–Kier alpha value is -2.63. The first kappa shape index (κ1) is 23.1. The van der Waals surface area contributed by atoms with Gasteiger partial charge in [0.05, 0.1) is 12.5 Å². The second kappa shape index (κ2) is 7.19. The number of ether oxygens (including phenoxy) is 2. The summed E-state index contributed by atoms with van der Waals surface area (Å²) in [6.45, 7) is 12.0. The molecule has 182 valence electrons. The Morgan fingerprint density at radius 3 is 2.50 bits per heavy atom. The van der Waals surface area contributed by atoms with Crippen LogP contribution in [0.3, 0.4) is 0 Å². The molecule has 0 bridgehead atoms. The molecule has 1 aliphatic heterocycles. The maximum Gasteiger partial charge on any atom is 0.331 e. The molecule has 1 aromatic rings. The Morgan fingerprint density at radius 1 is 1.12 bits per heavy atom. The van der Waals surface area contributed by atoms with Gasteiger partial charge < -0.3 is 13.9 Å². The van der Waals surface area contributed by atoms with Gasteiger partial charge in [-0.2, -0.15) is 0 Å². The number of carbonyl (C=O) groups is 3. The third-order valence-electron chi connectivity index (χ3n) is 9.82. The zero-order chi connectivity index (χ0) is 24.7. The first-order valence-corrected chi connectivity index (χ1v) is 12.2. The van der Waals surface area contributed by atoms with Crippen molar-refractivity contribution in [2.45, 2.75) is 73.0 Å². The van der Waals surface area contributed by atoms with Crippen LogP contribution in [0.25, 0.3) is 0 Å². The second-order valence-electron chi connectivity index (χ2n) is 11.9. The Kier molecular flexibility index (Phi) is 4.89. The van der Waals surface area contributed by atoms with Crippen LogP contribution in [0.15, 0.2) is 46.8 Å². The predicted molar refractivity (Wildman–Crippen MR) is 124 cm³/mol. The van der Waals surface area contributed by atoms with Gasteiger partial charge in [-0.25, -0.2) is 4.79 Å². The van der Waals surface area contributed by atoms with Gasteiger partial charge in [-0.05, 0) is 54.2 Å². The van der Waals surface area contributed by atoms with Gasteiger partial charge in [0.25, 0.3) is 0 Å². The average molecular weight is 467 g/mol. The zero-order valence-electron chi connectivity index (χ0n) is 20.8. The van der Waals surface area contributed by atoms with Crippen LogP contribution in [0.1, 0.15) is 72.5 Å². The number of hydrogen-bond acceptors (Lipinski definition) is 6. The van der Waals surface area contributed by atoms with Crippen LogP contribution >= 0.6 is 0 Å². The summed E-state index contributed by atoms with van der Waals surface area (Å²) in [5.41, 5.74) is -0.0920. The zero-order valence-corrected chi connectivity index (χ0v) is 20.8. The van der Waals surface area contributed by atoms with E-state index < -0.39 is 28.5 Å². The molecule has 5 rings (SSSR count). The monoisotopic (exact) mass is 466 g/mol. The maximum atomic E-state index is 12.9. The van der Waals surface area contributed by atoms with Crippen molar-refractivity contribution in [2.24, 2.45) is 33.5 Å². The van der Waals surface area contributed by atoms with Crippen LogP contribution in [0.2, 0.25) is 0 Å². The third kappa shape index (κ3) is 2.89. The van der Waals surface area contributed by atoms with Crippen LogP contribution in [-0.4, -0.2) is 23.8 Å². The van der Waals surface area contributed by atoms with Crippen molar-refractivity contribution in [1.82, 2.24) is 0 Å². The SMILES string of the molecule is CC(=O)O[C@@H]1C[C@H]2C(C)(C)C(=O)C=C[C@@]2(C)[C@H]2CC[C@]3(C)C(=CC(=O)O[C@@H]3c3ccoc3)[C@@]21C. The molecule has 0 aromatic carbocycles. The molecule has 0 unspecified atom stereocenters. The van der Waals surface area contributed by atoms with Crippen molar-refractivity contribution in [3.63, 3.8) is 0 Å². The van der Waals surface area contributed by atoms with E-state index in [0.717, 1.165) is 24.0 Å². The lowest BCUT2D eigenvalue weighted by atomic mass is 9.38. The number of fused-ring (bicyclic) bond motifs is 5. The fraction of sp³-hybridized carbons (Fsp3) is 0.607. The molecule has 1 aromatic heterocycles. The lowest BCUT2D eigenvalue weighted by Gasteiger charge is -2.67. The normalized spacial score (nSPS) is 42.6. The first-order chi connectivity index (χ1) is 15.8. The fourth-order valence-electron chi connectivity index (χ4n) is 8.16. The van der Waals surface area contributed by atoms with Crippen LogP contribution < -0.4 is 0 Å². The molecule has 0 radical (unpaired) electrons. The number of hydrogen-bond donors (Lipinski definition) is 0. The summed E-state index contributed by atoms with van der Waals surface area (Å²) in [5.74, 6) is -0.515. The minimum Gasteiger partial charge on any atom is -0.472 e. The number of rotatable bonds is 2. The molecule has 0 amide bonds. The van der Waals surface area contributed by atoms with Crippen molar-refractivity contribution in [3.05, 3.63) is 48.0 Å². The van der Waals surface area contributed by atoms with Gasteiger partial charge in [0.1, 0.15) is 12.2 Å². The van der Waals surface area contributed by atoms with E-state index in [1.807, 2.05) is 19.9 Å². The Morgan fingerprint density at radius 2 is 1.85 bits per heavy atom. The van der Waals surface area contributed by atoms with E-state index in [0.29, 0.717) is 6.42 Å². The molecule has 3 aliphatic carbocycles. The van der Waals surface area contributed by atoms with Crippen molar-refractivity contribution in [3.8, 4) is 0 Å². The molecule has 0 saturated heterocycles. The average Bonchev–Trinajstić information content (AvgIpc) is 3.28. The van der Waals surface area contributed by atoms with E-state index in [1.54, 1.807) is 24.7 Å². The maximum absolute atomic E-state index is 12.9. The van der Waals surface area contributed by atoms with Gasteiger partial charge in [-0.3, -0.25) is 9.59 Å². The molecule has 0 N–H and O–H groups in total. The molecule has 2 fully saturated rings. The number of cyclic esters (lactones) is 1. The van der Waals surface area contributed by atoms with Gasteiger partial charge in [-0.15, -0.1) is 0 Å². The van der Waals surface area contributed by atoms with E-state index in [4.69, 9.17) is 13.9 Å². The molecule has 0 spiro atoms. The van der Waals surface area contributed by atoms with Crippen LogP contribution in [-0.2, 0) is 23.9 Å². The van der Waals surface area contributed by atoms with Gasteiger partial charge in [0.15, 0.2) is 5.78 Å². The molecular formula is C28H34O6. The highest BCUT2D eigenvalue weighted by Gasteiger charge is 2.69. The molecule has 34 heavy (non-hydrogen) atoms. The van der Waals surface area contributed by atoms with Crippen molar-refractivity contribution in [2.75, 3.05) is 0 Å². The lowest BCUT2D eigenvalue weighted by Crippen LogP contribution is -2.65. The largest absolute Gasteiger partial charge is 0.472 e. The van der Waals surface area contributed by atoms with Gasteiger partial charge >= 0.3 is 11.9 Å². The van der Waals surface area contributed by atoms with E-state index in [1.165, 1.54) is 6.92 Å². The lowest BCUT2D eigenvalue weighted by molar-refractivity contribution is -0.195. The van der Waals surface area contributed by atoms with Crippen molar-refractivity contribution < 1.29 is 28.3 Å². The predicted octanol–water partition coefficient (Wildman–Crippen LogP) is 5.35. The summed E-state index contributed by atoms with van der Waals surface area (Å²) in [6, 6.07) is 1.85. The fourth-order valence-corrected chi connectivity index (χ4v) is 8.16. The number of carbonyl (C=O) groups excluding carboxylic acids is 3. The molecular weight excluding hydrogens is 432 g/mol. The highest BCUT2D eigenvalue weighted by atomic mass is 16.6. The molecule has 2 heterocycles. The van der Waals surface area contributed by atoms with Gasteiger partial charge in [0.2, 0.25) is 0 Å². The van der Waals surface area contributed by atoms with Crippen LogP contribution in [0.5, 0.6) is 0 Å². The number of esters is 2. The van der Waals surface area contributed by atoms with E-state index in [2.05, 4.69) is 26.8 Å². The summed E-state index contributed by atoms with van der Waals surface area (Å²) in [5, 5.41) is 0. The third-order valence-corrected chi connectivity index (χ3v) is 9.82. The molecule has 2 saturated carbocycles. The minimum absolute atomic E-state index is 0.0186. The number of allylic oxidation sites excluding steroid dienone is 2. The Balaban J connectivity index is 1.70. The van der Waals surface area contributed by atoms with E-state index >= 15 is 0 Å². The molecule has 6 heteroatoms. The first-order valence-electron chi connectivity index (χ1n) is 12.2. The minimum atomic E-state index is -0.591. The Labute approximate surface area is 200 Å². The van der Waals surface area contributed by atoms with Gasteiger partial charge in [0, 0.05) is 34.8 Å². The highest BCUT2D eigenvalue weighted by Crippen LogP contribution is 2.71. The van der Waals surface area contributed by atoms with E-state index in [-0.39, 0.29) is 35.0 Å². The molecule has 7 atom stereocenters. The summed E-state index contributed by atoms with van der Waals surface area (Å²) < 4.78 is 17.3. The smallest absolute Gasteiger partial charge is 0.331 e. The number of furan rings is 1. The van der Waals surface area contributed by atoms with E-state index in [9.17, 15) is 14.4 Å².